The van der Waals surface area contributed by atoms with Crippen molar-refractivity contribution >= 4 is 11.7 Å². The van der Waals surface area contributed by atoms with E-state index in [1.54, 1.807) is 4.90 Å². The smallest absolute Gasteiger partial charge is 0.237 e. The number of likely N-dealkylation sites (N-methyl/N-ethyl adjacent to an activating group) is 1. The Kier molecular flexibility index (Phi) is 6.72. The highest BCUT2D eigenvalue weighted by Crippen LogP contribution is 2.20. The van der Waals surface area contributed by atoms with Crippen molar-refractivity contribution < 1.29 is 10.0 Å². The quantitative estimate of drug-likeness (QED) is 0.350. The van der Waals surface area contributed by atoms with Crippen molar-refractivity contribution in [3.8, 4) is 0 Å². The number of hydrogen-bond donors (Lipinski definition) is 2. The number of carbonyl (C=O) groups excluding carboxylic acids is 1. The monoisotopic (exact) mass is 291 g/mol. The van der Waals surface area contributed by atoms with Gasteiger partial charge in [0, 0.05) is 13.1 Å². The van der Waals surface area contributed by atoms with E-state index < -0.39 is 5.92 Å². The molecule has 2 unspecified atom stereocenters. The van der Waals surface area contributed by atoms with Gasteiger partial charge in [0.1, 0.15) is 5.92 Å². The molecule has 1 rings (SSSR count). The van der Waals surface area contributed by atoms with Crippen LogP contribution < -0.4 is 5.73 Å². The minimum Gasteiger partial charge on any atom is -0.409 e. The fourth-order valence-electron chi connectivity index (χ4n) is 2.21. The van der Waals surface area contributed by atoms with E-state index in [-0.39, 0.29) is 11.7 Å². The summed E-state index contributed by atoms with van der Waals surface area (Å²) in [7, 11) is 0. The van der Waals surface area contributed by atoms with Crippen LogP contribution in [0.2, 0.25) is 0 Å². The molecule has 5 nitrogen and oxygen atoms in total. The fraction of sp³-hybridized carbons (Fsp3) is 0.500. The minimum absolute atomic E-state index is 0.0752. The molecular weight excluding hydrogens is 266 g/mol. The summed E-state index contributed by atoms with van der Waals surface area (Å²) in [6.45, 7) is 7.42. The lowest BCUT2D eigenvalue weighted by Crippen LogP contribution is -2.42. The number of benzene rings is 1. The number of hydrogen-bond acceptors (Lipinski definition) is 3. The summed E-state index contributed by atoms with van der Waals surface area (Å²) in [4.78, 5) is 14.5. The Labute approximate surface area is 126 Å². The molecule has 116 valence electrons. The molecule has 0 saturated heterocycles. The summed E-state index contributed by atoms with van der Waals surface area (Å²) in [5.74, 6) is -0.522. The Balaban J connectivity index is 3.05. The van der Waals surface area contributed by atoms with Crippen LogP contribution in [0.5, 0.6) is 0 Å². The lowest BCUT2D eigenvalue weighted by molar-refractivity contribution is -0.131. The second-order valence-electron chi connectivity index (χ2n) is 5.26. The highest BCUT2D eigenvalue weighted by Gasteiger charge is 2.29. The lowest BCUT2D eigenvalue weighted by atomic mass is 9.95. The Morgan fingerprint density at radius 2 is 1.95 bits per heavy atom. The Morgan fingerprint density at radius 1 is 1.33 bits per heavy atom. The SMILES string of the molecule is CCC(C)CN(CC)C(=O)C(C(N)=NO)c1ccccc1. The van der Waals surface area contributed by atoms with Crippen molar-refractivity contribution in [2.24, 2.45) is 16.8 Å². The van der Waals surface area contributed by atoms with Crippen LogP contribution in [-0.4, -0.2) is 34.9 Å². The molecule has 1 aromatic rings. The summed E-state index contributed by atoms with van der Waals surface area (Å²) in [6, 6.07) is 9.18. The molecule has 0 saturated carbocycles. The van der Waals surface area contributed by atoms with Gasteiger partial charge >= 0.3 is 0 Å². The van der Waals surface area contributed by atoms with Crippen LogP contribution >= 0.6 is 0 Å². The van der Waals surface area contributed by atoms with Crippen molar-refractivity contribution in [1.29, 1.82) is 0 Å². The van der Waals surface area contributed by atoms with Crippen LogP contribution in [0.1, 0.15) is 38.7 Å². The predicted molar refractivity (Wildman–Crippen MR) is 84.3 cm³/mol. The first-order valence-electron chi connectivity index (χ1n) is 7.36. The maximum Gasteiger partial charge on any atom is 0.237 e. The topological polar surface area (TPSA) is 78.9 Å². The first kappa shape index (κ1) is 17.0. The predicted octanol–water partition coefficient (Wildman–Crippen LogP) is 2.41. The lowest BCUT2D eigenvalue weighted by Gasteiger charge is -2.28. The summed E-state index contributed by atoms with van der Waals surface area (Å²) in [6.07, 6.45) is 1.00. The van der Waals surface area contributed by atoms with Crippen LogP contribution in [0.15, 0.2) is 35.5 Å². The number of oxime groups is 1. The van der Waals surface area contributed by atoms with Gasteiger partial charge in [0.2, 0.25) is 5.91 Å². The highest BCUT2D eigenvalue weighted by atomic mass is 16.4. The summed E-state index contributed by atoms with van der Waals surface area (Å²) >= 11 is 0. The molecule has 3 N–H and O–H groups in total. The average molecular weight is 291 g/mol. The largest absolute Gasteiger partial charge is 0.409 e. The van der Waals surface area contributed by atoms with Crippen LogP contribution in [-0.2, 0) is 4.79 Å². The van der Waals surface area contributed by atoms with Crippen molar-refractivity contribution in [3.05, 3.63) is 35.9 Å². The third-order valence-corrected chi connectivity index (χ3v) is 3.71. The summed E-state index contributed by atoms with van der Waals surface area (Å²) < 4.78 is 0. The summed E-state index contributed by atoms with van der Waals surface area (Å²) in [5, 5.41) is 12.0. The van der Waals surface area contributed by atoms with Crippen molar-refractivity contribution in [3.63, 3.8) is 0 Å². The second-order valence-corrected chi connectivity index (χ2v) is 5.26. The van der Waals surface area contributed by atoms with Gasteiger partial charge in [-0.2, -0.15) is 0 Å². The van der Waals surface area contributed by atoms with Gasteiger partial charge < -0.3 is 15.8 Å². The van der Waals surface area contributed by atoms with Gasteiger partial charge in [-0.25, -0.2) is 0 Å². The van der Waals surface area contributed by atoms with E-state index in [0.717, 1.165) is 12.0 Å². The first-order valence-corrected chi connectivity index (χ1v) is 7.36. The molecule has 1 aromatic carbocycles. The number of nitrogens with zero attached hydrogens (tertiary/aromatic N) is 2. The molecule has 2 atom stereocenters. The molecule has 0 aliphatic rings. The summed E-state index contributed by atoms with van der Waals surface area (Å²) in [5.41, 5.74) is 6.49. The molecule has 1 amide bonds. The van der Waals surface area contributed by atoms with Crippen LogP contribution in [0.3, 0.4) is 0 Å². The molecule has 0 fully saturated rings. The Hall–Kier alpha value is -2.04. The number of amidine groups is 1. The standard InChI is InChI=1S/C16H25N3O2/c1-4-12(3)11-19(5-2)16(20)14(15(17)18-21)13-9-7-6-8-10-13/h6-10,12,14,21H,4-5,11H2,1-3H3,(H2,17,18). The molecule has 0 aliphatic carbocycles. The van der Waals surface area contributed by atoms with Gasteiger partial charge in [-0.3, -0.25) is 4.79 Å². The normalized spacial score (nSPS) is 14.5. The van der Waals surface area contributed by atoms with Gasteiger partial charge in [0.15, 0.2) is 5.84 Å². The van der Waals surface area contributed by atoms with E-state index in [9.17, 15) is 4.79 Å². The van der Waals surface area contributed by atoms with Crippen LogP contribution in [0, 0.1) is 5.92 Å². The number of carbonyl (C=O) groups is 1. The van der Waals surface area contributed by atoms with Crippen LogP contribution in [0.25, 0.3) is 0 Å². The molecule has 5 heteroatoms. The maximum absolute atomic E-state index is 12.8. The van der Waals surface area contributed by atoms with E-state index in [1.807, 2.05) is 37.3 Å². The zero-order chi connectivity index (χ0) is 15.8. The molecule has 0 aromatic heterocycles. The Bertz CT molecular complexity index is 474. The highest BCUT2D eigenvalue weighted by molar-refractivity contribution is 6.07. The number of rotatable bonds is 7. The van der Waals surface area contributed by atoms with E-state index in [0.29, 0.717) is 19.0 Å². The molecular formula is C16H25N3O2. The third-order valence-electron chi connectivity index (χ3n) is 3.71. The zero-order valence-corrected chi connectivity index (χ0v) is 13.0. The Morgan fingerprint density at radius 3 is 2.43 bits per heavy atom. The molecule has 0 radical (unpaired) electrons. The zero-order valence-electron chi connectivity index (χ0n) is 13.0. The van der Waals surface area contributed by atoms with Gasteiger partial charge in [-0.1, -0.05) is 55.8 Å². The number of nitrogens with two attached hydrogens (primary N) is 1. The van der Waals surface area contributed by atoms with Crippen molar-refractivity contribution in [2.45, 2.75) is 33.1 Å². The van der Waals surface area contributed by atoms with Crippen LogP contribution in [0.4, 0.5) is 0 Å². The molecule has 0 heterocycles. The fourth-order valence-corrected chi connectivity index (χ4v) is 2.21. The van der Waals surface area contributed by atoms with Gasteiger partial charge in [-0.15, -0.1) is 0 Å². The first-order chi connectivity index (χ1) is 10.0. The molecule has 0 bridgehead atoms. The van der Waals surface area contributed by atoms with E-state index in [2.05, 4.69) is 19.0 Å². The number of amides is 1. The molecule has 0 aliphatic heterocycles. The van der Waals surface area contributed by atoms with Gasteiger partial charge in [0.05, 0.1) is 0 Å². The van der Waals surface area contributed by atoms with Crippen molar-refractivity contribution in [1.82, 2.24) is 4.90 Å². The average Bonchev–Trinajstić information content (AvgIpc) is 2.53. The van der Waals surface area contributed by atoms with E-state index in [1.165, 1.54) is 0 Å². The maximum atomic E-state index is 12.8. The molecule has 0 spiro atoms. The van der Waals surface area contributed by atoms with E-state index >= 15 is 0 Å². The van der Waals surface area contributed by atoms with Gasteiger partial charge in [-0.05, 0) is 18.4 Å². The van der Waals surface area contributed by atoms with Crippen molar-refractivity contribution in [2.75, 3.05) is 13.1 Å². The second kappa shape index (κ2) is 8.29. The molecule has 21 heavy (non-hydrogen) atoms. The van der Waals surface area contributed by atoms with E-state index in [4.69, 9.17) is 10.9 Å². The third kappa shape index (κ3) is 4.48. The minimum atomic E-state index is -0.736. The van der Waals surface area contributed by atoms with Gasteiger partial charge in [0.25, 0.3) is 0 Å².